The van der Waals surface area contributed by atoms with Gasteiger partial charge in [-0.1, -0.05) is 20.8 Å². The maximum absolute atomic E-state index is 11.8. The highest BCUT2D eigenvalue weighted by Crippen LogP contribution is 2.23. The number of hydrogen-bond donors (Lipinski definition) is 0. The van der Waals surface area contributed by atoms with Crippen LogP contribution in [0, 0.1) is 11.8 Å². The number of ether oxygens (including phenoxy) is 1. The molecule has 0 fully saturated rings. The van der Waals surface area contributed by atoms with Gasteiger partial charge in [-0.3, -0.25) is 8.98 Å². The predicted molar refractivity (Wildman–Crippen MR) is 65.0 cm³/mol. The number of carbonyl (C=O) groups is 1. The molecule has 0 spiro atoms. The van der Waals surface area contributed by atoms with E-state index in [1.807, 2.05) is 13.8 Å². The molecule has 0 saturated carbocycles. The highest BCUT2D eigenvalue weighted by Gasteiger charge is 2.34. The standard InChI is InChI=1S/C11H22O5S/c1-6-9(16-17(5,13)14)10(8(3)4)11(12)15-7-2/h8-10H,6-7H2,1-5H3. The van der Waals surface area contributed by atoms with Crippen LogP contribution in [0.2, 0.25) is 0 Å². The molecule has 0 bridgehead atoms. The lowest BCUT2D eigenvalue weighted by molar-refractivity contribution is -0.153. The molecular formula is C11H22O5S. The first kappa shape index (κ1) is 16.4. The average molecular weight is 266 g/mol. The van der Waals surface area contributed by atoms with Crippen molar-refractivity contribution in [3.8, 4) is 0 Å². The van der Waals surface area contributed by atoms with Gasteiger partial charge in [-0.05, 0) is 19.3 Å². The van der Waals surface area contributed by atoms with Crippen molar-refractivity contribution in [2.24, 2.45) is 11.8 Å². The summed E-state index contributed by atoms with van der Waals surface area (Å²) in [6.07, 6.45) is 0.761. The molecule has 0 N–H and O–H groups in total. The van der Waals surface area contributed by atoms with Gasteiger partial charge in [-0.2, -0.15) is 8.42 Å². The molecule has 0 amide bonds. The van der Waals surface area contributed by atoms with Gasteiger partial charge in [0.2, 0.25) is 0 Å². The third kappa shape index (κ3) is 6.02. The van der Waals surface area contributed by atoms with Crippen molar-refractivity contribution in [3.05, 3.63) is 0 Å². The monoisotopic (exact) mass is 266 g/mol. The van der Waals surface area contributed by atoms with Gasteiger partial charge in [0.25, 0.3) is 10.1 Å². The molecule has 0 aromatic carbocycles. The molecule has 6 heteroatoms. The summed E-state index contributed by atoms with van der Waals surface area (Å²) < 4.78 is 32.2. The van der Waals surface area contributed by atoms with Gasteiger partial charge < -0.3 is 4.74 Å². The van der Waals surface area contributed by atoms with Gasteiger partial charge in [-0.15, -0.1) is 0 Å². The molecule has 0 rings (SSSR count). The zero-order valence-electron chi connectivity index (χ0n) is 11.1. The molecule has 0 aromatic rings. The van der Waals surface area contributed by atoms with Crippen LogP contribution in [0.5, 0.6) is 0 Å². The van der Waals surface area contributed by atoms with Gasteiger partial charge in [0.05, 0.1) is 24.9 Å². The minimum atomic E-state index is -3.57. The average Bonchev–Trinajstić information content (AvgIpc) is 2.14. The third-order valence-corrected chi connectivity index (χ3v) is 2.98. The second-order valence-electron chi connectivity index (χ2n) is 4.27. The SMILES string of the molecule is CCOC(=O)C(C(C)C)C(CC)OS(C)(=O)=O. The summed E-state index contributed by atoms with van der Waals surface area (Å²) >= 11 is 0. The molecule has 2 atom stereocenters. The van der Waals surface area contributed by atoms with E-state index >= 15 is 0 Å². The van der Waals surface area contributed by atoms with Crippen LogP contribution in [0.25, 0.3) is 0 Å². The summed E-state index contributed by atoms with van der Waals surface area (Å²) in [5.74, 6) is -1.01. The molecule has 2 unspecified atom stereocenters. The lowest BCUT2D eigenvalue weighted by atomic mass is 9.89. The summed E-state index contributed by atoms with van der Waals surface area (Å²) in [7, 11) is -3.57. The van der Waals surface area contributed by atoms with Crippen LogP contribution in [0.3, 0.4) is 0 Å². The summed E-state index contributed by atoms with van der Waals surface area (Å²) in [4.78, 5) is 11.8. The van der Waals surface area contributed by atoms with Crippen molar-refractivity contribution in [2.45, 2.75) is 40.2 Å². The Morgan fingerprint density at radius 2 is 1.76 bits per heavy atom. The van der Waals surface area contributed by atoms with Crippen LogP contribution in [0.1, 0.15) is 34.1 Å². The van der Waals surface area contributed by atoms with Crippen LogP contribution < -0.4 is 0 Å². The first-order chi connectivity index (χ1) is 7.72. The predicted octanol–water partition coefficient (Wildman–Crippen LogP) is 1.58. The fourth-order valence-corrected chi connectivity index (χ4v) is 2.40. The Morgan fingerprint density at radius 3 is 2.06 bits per heavy atom. The zero-order chi connectivity index (χ0) is 13.6. The maximum Gasteiger partial charge on any atom is 0.311 e. The number of rotatable bonds is 7. The van der Waals surface area contributed by atoms with Crippen molar-refractivity contribution in [1.82, 2.24) is 0 Å². The van der Waals surface area contributed by atoms with E-state index in [2.05, 4.69) is 0 Å². The first-order valence-electron chi connectivity index (χ1n) is 5.77. The summed E-state index contributed by atoms with van der Waals surface area (Å²) in [6, 6.07) is 0. The molecule has 5 nitrogen and oxygen atoms in total. The molecule has 0 saturated heterocycles. The Kier molecular flexibility index (Phi) is 6.70. The minimum Gasteiger partial charge on any atom is -0.466 e. The summed E-state index contributed by atoms with van der Waals surface area (Å²) in [6.45, 7) is 7.46. The van der Waals surface area contributed by atoms with E-state index in [1.165, 1.54) is 0 Å². The Hall–Kier alpha value is -0.620. The molecule has 0 aliphatic carbocycles. The van der Waals surface area contributed by atoms with E-state index in [0.717, 1.165) is 6.26 Å². The number of hydrogen-bond acceptors (Lipinski definition) is 5. The zero-order valence-corrected chi connectivity index (χ0v) is 11.9. The maximum atomic E-state index is 11.8. The van der Waals surface area contributed by atoms with Gasteiger partial charge in [0, 0.05) is 0 Å². The number of esters is 1. The van der Waals surface area contributed by atoms with E-state index < -0.39 is 28.1 Å². The van der Waals surface area contributed by atoms with E-state index in [-0.39, 0.29) is 12.5 Å². The summed E-state index contributed by atoms with van der Waals surface area (Å²) in [5, 5.41) is 0. The quantitative estimate of drug-likeness (QED) is 0.517. The Bertz CT molecular complexity index is 334. The highest BCUT2D eigenvalue weighted by molar-refractivity contribution is 7.86. The Labute approximate surface area is 104 Å². The fraction of sp³-hybridized carbons (Fsp3) is 0.909. The molecular weight excluding hydrogens is 244 g/mol. The van der Waals surface area contributed by atoms with Crippen LogP contribution in [-0.4, -0.2) is 33.4 Å². The molecule has 0 radical (unpaired) electrons. The van der Waals surface area contributed by atoms with E-state index in [0.29, 0.717) is 6.42 Å². The van der Waals surface area contributed by atoms with Crippen LogP contribution in [-0.2, 0) is 23.8 Å². The topological polar surface area (TPSA) is 69.7 Å². The molecule has 0 aliphatic heterocycles. The first-order valence-corrected chi connectivity index (χ1v) is 7.59. The van der Waals surface area contributed by atoms with Gasteiger partial charge in [0.1, 0.15) is 0 Å². The second kappa shape index (κ2) is 6.96. The van der Waals surface area contributed by atoms with E-state index in [9.17, 15) is 13.2 Å². The largest absolute Gasteiger partial charge is 0.466 e. The lowest BCUT2D eigenvalue weighted by Crippen LogP contribution is -2.36. The summed E-state index contributed by atoms with van der Waals surface area (Å²) in [5.41, 5.74) is 0. The molecule has 0 aliphatic rings. The molecule has 0 heterocycles. The minimum absolute atomic E-state index is 0.0410. The van der Waals surface area contributed by atoms with Gasteiger partial charge in [-0.25, -0.2) is 0 Å². The lowest BCUT2D eigenvalue weighted by Gasteiger charge is -2.26. The van der Waals surface area contributed by atoms with Crippen LogP contribution in [0.4, 0.5) is 0 Å². The van der Waals surface area contributed by atoms with Crippen molar-refractivity contribution >= 4 is 16.1 Å². The smallest absolute Gasteiger partial charge is 0.311 e. The van der Waals surface area contributed by atoms with Crippen molar-refractivity contribution in [2.75, 3.05) is 12.9 Å². The van der Waals surface area contributed by atoms with Crippen molar-refractivity contribution in [3.63, 3.8) is 0 Å². The van der Waals surface area contributed by atoms with Crippen molar-refractivity contribution in [1.29, 1.82) is 0 Å². The van der Waals surface area contributed by atoms with Crippen molar-refractivity contribution < 1.29 is 22.1 Å². The molecule has 0 aromatic heterocycles. The fourth-order valence-electron chi connectivity index (χ4n) is 1.70. The number of carbonyl (C=O) groups excluding carboxylic acids is 1. The molecule has 17 heavy (non-hydrogen) atoms. The Morgan fingerprint density at radius 1 is 1.24 bits per heavy atom. The molecule has 102 valence electrons. The normalized spacial score (nSPS) is 15.6. The van der Waals surface area contributed by atoms with Crippen LogP contribution in [0.15, 0.2) is 0 Å². The van der Waals surface area contributed by atoms with Gasteiger partial charge >= 0.3 is 5.97 Å². The second-order valence-corrected chi connectivity index (χ2v) is 5.87. The Balaban J connectivity index is 4.94. The van der Waals surface area contributed by atoms with Crippen LogP contribution >= 0.6 is 0 Å². The van der Waals surface area contributed by atoms with E-state index in [1.54, 1.807) is 13.8 Å². The highest BCUT2D eigenvalue weighted by atomic mass is 32.2. The van der Waals surface area contributed by atoms with Gasteiger partial charge in [0.15, 0.2) is 0 Å². The third-order valence-electron chi connectivity index (χ3n) is 2.38. The van der Waals surface area contributed by atoms with E-state index in [4.69, 9.17) is 8.92 Å².